The Kier molecular flexibility index (Phi) is 2.37. The molecule has 0 aromatic heterocycles. The molecule has 0 saturated carbocycles. The normalized spacial score (nSPS) is 35.2. The number of rotatable bonds is 0. The highest BCUT2D eigenvalue weighted by Crippen LogP contribution is 2.34. The fourth-order valence-electron chi connectivity index (χ4n) is 2.26. The van der Waals surface area contributed by atoms with E-state index in [1.54, 1.807) is 0 Å². The molecule has 0 aromatic carbocycles. The summed E-state index contributed by atoms with van der Waals surface area (Å²) < 4.78 is 5.98. The first-order valence-corrected chi connectivity index (χ1v) is 5.15. The van der Waals surface area contributed by atoms with Gasteiger partial charge in [0.2, 0.25) is 0 Å². The van der Waals surface area contributed by atoms with E-state index in [-0.39, 0.29) is 5.60 Å². The van der Waals surface area contributed by atoms with Crippen molar-refractivity contribution in [2.75, 3.05) is 19.7 Å². The molecule has 0 amide bonds. The zero-order valence-electron chi connectivity index (χ0n) is 7.94. The SMILES string of the molecule is CC1CCC2(CCNCC2)OC1. The molecule has 1 unspecified atom stereocenters. The van der Waals surface area contributed by atoms with Crippen LogP contribution in [0.25, 0.3) is 0 Å². The zero-order valence-corrected chi connectivity index (χ0v) is 7.94. The Balaban J connectivity index is 1.92. The van der Waals surface area contributed by atoms with Gasteiger partial charge in [0, 0.05) is 6.61 Å². The third kappa shape index (κ3) is 1.64. The van der Waals surface area contributed by atoms with Gasteiger partial charge in [0.1, 0.15) is 0 Å². The minimum absolute atomic E-state index is 0.276. The maximum absolute atomic E-state index is 5.98. The summed E-state index contributed by atoms with van der Waals surface area (Å²) in [6.45, 7) is 5.57. The highest BCUT2D eigenvalue weighted by Gasteiger charge is 2.36. The number of nitrogens with one attached hydrogen (secondary N) is 1. The van der Waals surface area contributed by atoms with Crippen molar-refractivity contribution in [1.29, 1.82) is 0 Å². The second-order valence-electron chi connectivity index (χ2n) is 4.39. The van der Waals surface area contributed by atoms with Gasteiger partial charge in [-0.3, -0.25) is 0 Å². The van der Waals surface area contributed by atoms with Crippen LogP contribution >= 0.6 is 0 Å². The molecule has 1 N–H and O–H groups in total. The van der Waals surface area contributed by atoms with E-state index in [0.29, 0.717) is 0 Å². The maximum Gasteiger partial charge on any atom is 0.0707 e. The lowest BCUT2D eigenvalue weighted by atomic mass is 9.83. The lowest BCUT2D eigenvalue weighted by molar-refractivity contribution is -0.113. The average Bonchev–Trinajstić information content (AvgIpc) is 2.13. The average molecular weight is 169 g/mol. The van der Waals surface area contributed by atoms with Gasteiger partial charge in [0.05, 0.1) is 5.60 Å². The smallest absolute Gasteiger partial charge is 0.0707 e. The van der Waals surface area contributed by atoms with Gasteiger partial charge in [-0.05, 0) is 44.7 Å². The minimum atomic E-state index is 0.276. The van der Waals surface area contributed by atoms with E-state index in [0.717, 1.165) is 25.6 Å². The maximum atomic E-state index is 5.98. The van der Waals surface area contributed by atoms with Gasteiger partial charge in [-0.1, -0.05) is 6.92 Å². The van der Waals surface area contributed by atoms with Crippen LogP contribution in [-0.4, -0.2) is 25.3 Å². The topological polar surface area (TPSA) is 21.3 Å². The van der Waals surface area contributed by atoms with Crippen molar-refractivity contribution in [3.63, 3.8) is 0 Å². The molecule has 70 valence electrons. The van der Waals surface area contributed by atoms with Crippen LogP contribution in [0.5, 0.6) is 0 Å². The van der Waals surface area contributed by atoms with Crippen LogP contribution < -0.4 is 5.32 Å². The molecule has 2 saturated heterocycles. The van der Waals surface area contributed by atoms with Crippen LogP contribution in [0.4, 0.5) is 0 Å². The molecule has 0 bridgehead atoms. The van der Waals surface area contributed by atoms with Crippen LogP contribution in [0.1, 0.15) is 32.6 Å². The van der Waals surface area contributed by atoms with Gasteiger partial charge in [-0.2, -0.15) is 0 Å². The third-order valence-corrected chi connectivity index (χ3v) is 3.28. The fraction of sp³-hybridized carbons (Fsp3) is 1.00. The first-order valence-electron chi connectivity index (χ1n) is 5.15. The molecule has 1 spiro atoms. The van der Waals surface area contributed by atoms with Crippen LogP contribution in [0.15, 0.2) is 0 Å². The van der Waals surface area contributed by atoms with Crippen molar-refractivity contribution in [1.82, 2.24) is 5.32 Å². The Labute approximate surface area is 74.7 Å². The lowest BCUT2D eigenvalue weighted by Crippen LogP contribution is -2.47. The Morgan fingerprint density at radius 1 is 1.25 bits per heavy atom. The van der Waals surface area contributed by atoms with Crippen LogP contribution in [0, 0.1) is 5.92 Å². The van der Waals surface area contributed by atoms with Crippen LogP contribution in [0.3, 0.4) is 0 Å². The first kappa shape index (κ1) is 8.52. The van der Waals surface area contributed by atoms with Crippen LogP contribution in [-0.2, 0) is 4.74 Å². The Hall–Kier alpha value is -0.0800. The van der Waals surface area contributed by atoms with Crippen molar-refractivity contribution < 1.29 is 4.74 Å². The van der Waals surface area contributed by atoms with Crippen molar-refractivity contribution in [2.24, 2.45) is 5.92 Å². The molecule has 2 rings (SSSR count). The molecule has 2 aliphatic heterocycles. The molecule has 2 heterocycles. The monoisotopic (exact) mass is 169 g/mol. The number of piperidine rings is 1. The Bertz CT molecular complexity index is 142. The molecule has 0 radical (unpaired) electrons. The highest BCUT2D eigenvalue weighted by molar-refractivity contribution is 4.89. The molecular weight excluding hydrogens is 150 g/mol. The zero-order chi connectivity index (χ0) is 8.44. The first-order chi connectivity index (χ1) is 5.81. The summed E-state index contributed by atoms with van der Waals surface area (Å²) in [7, 11) is 0. The summed E-state index contributed by atoms with van der Waals surface area (Å²) in [5, 5.41) is 3.39. The second kappa shape index (κ2) is 3.35. The Morgan fingerprint density at radius 2 is 2.00 bits per heavy atom. The van der Waals surface area contributed by atoms with Crippen LogP contribution in [0.2, 0.25) is 0 Å². The summed E-state index contributed by atoms with van der Waals surface area (Å²) >= 11 is 0. The number of ether oxygens (including phenoxy) is 1. The molecular formula is C10H19NO. The molecule has 1 atom stereocenters. The third-order valence-electron chi connectivity index (χ3n) is 3.28. The molecule has 2 aliphatic rings. The van der Waals surface area contributed by atoms with E-state index in [2.05, 4.69) is 12.2 Å². The molecule has 0 aromatic rings. The summed E-state index contributed by atoms with van der Waals surface area (Å²) in [4.78, 5) is 0. The van der Waals surface area contributed by atoms with Gasteiger partial charge >= 0.3 is 0 Å². The van der Waals surface area contributed by atoms with Gasteiger partial charge < -0.3 is 10.1 Å². The lowest BCUT2D eigenvalue weighted by Gasteiger charge is -2.42. The quantitative estimate of drug-likeness (QED) is 0.594. The van der Waals surface area contributed by atoms with Gasteiger partial charge in [-0.25, -0.2) is 0 Å². The van der Waals surface area contributed by atoms with E-state index in [1.165, 1.54) is 25.7 Å². The summed E-state index contributed by atoms with van der Waals surface area (Å²) in [6, 6.07) is 0. The summed E-state index contributed by atoms with van der Waals surface area (Å²) in [5.74, 6) is 0.783. The predicted octanol–water partition coefficient (Wildman–Crippen LogP) is 1.56. The molecule has 2 heteroatoms. The minimum Gasteiger partial charge on any atom is -0.375 e. The fourth-order valence-corrected chi connectivity index (χ4v) is 2.26. The van der Waals surface area contributed by atoms with E-state index in [4.69, 9.17) is 4.74 Å². The van der Waals surface area contributed by atoms with Crippen molar-refractivity contribution >= 4 is 0 Å². The Morgan fingerprint density at radius 3 is 2.58 bits per heavy atom. The van der Waals surface area contributed by atoms with E-state index < -0.39 is 0 Å². The van der Waals surface area contributed by atoms with Crippen molar-refractivity contribution in [2.45, 2.75) is 38.2 Å². The largest absolute Gasteiger partial charge is 0.375 e. The van der Waals surface area contributed by atoms with Gasteiger partial charge in [-0.15, -0.1) is 0 Å². The van der Waals surface area contributed by atoms with Crippen molar-refractivity contribution in [3.05, 3.63) is 0 Å². The molecule has 2 nitrogen and oxygen atoms in total. The van der Waals surface area contributed by atoms with E-state index in [9.17, 15) is 0 Å². The van der Waals surface area contributed by atoms with Gasteiger partial charge in [0.25, 0.3) is 0 Å². The summed E-state index contributed by atoms with van der Waals surface area (Å²) in [6.07, 6.45) is 5.09. The van der Waals surface area contributed by atoms with E-state index in [1.807, 2.05) is 0 Å². The standard InChI is InChI=1S/C10H19NO/c1-9-2-3-10(12-8-9)4-6-11-7-5-10/h9,11H,2-8H2,1H3. The predicted molar refractivity (Wildman–Crippen MR) is 49.2 cm³/mol. The molecule has 12 heavy (non-hydrogen) atoms. The van der Waals surface area contributed by atoms with Gasteiger partial charge in [0.15, 0.2) is 0 Å². The number of hydrogen-bond acceptors (Lipinski definition) is 2. The molecule has 0 aliphatic carbocycles. The number of hydrogen-bond donors (Lipinski definition) is 1. The second-order valence-corrected chi connectivity index (χ2v) is 4.39. The van der Waals surface area contributed by atoms with Crippen molar-refractivity contribution in [3.8, 4) is 0 Å². The van der Waals surface area contributed by atoms with E-state index >= 15 is 0 Å². The molecule has 2 fully saturated rings. The summed E-state index contributed by atoms with van der Waals surface area (Å²) in [5.41, 5.74) is 0.276. The highest BCUT2D eigenvalue weighted by atomic mass is 16.5.